The molecule has 2 aromatic rings. The molecule has 0 aliphatic rings. The third kappa shape index (κ3) is 3.04. The van der Waals surface area contributed by atoms with Gasteiger partial charge in [0, 0.05) is 25.5 Å². The van der Waals surface area contributed by atoms with E-state index in [2.05, 4.69) is 15.3 Å². The summed E-state index contributed by atoms with van der Waals surface area (Å²) < 4.78 is 14.8. The van der Waals surface area contributed by atoms with Gasteiger partial charge in [-0.05, 0) is 6.07 Å². The van der Waals surface area contributed by atoms with E-state index in [4.69, 9.17) is 11.6 Å². The zero-order valence-electron chi connectivity index (χ0n) is 9.31. The number of amides is 1. The maximum absolute atomic E-state index is 12.9. The number of halogens is 2. The van der Waals surface area contributed by atoms with Crippen LogP contribution in [0.4, 0.5) is 4.39 Å². The number of carbonyl (C=O) groups excluding carboxylic acids is 1. The summed E-state index contributed by atoms with van der Waals surface area (Å²) >= 11 is 5.72. The number of pyridine rings is 1. The molecule has 1 N–H and O–H groups in total. The summed E-state index contributed by atoms with van der Waals surface area (Å²) in [5, 5.41) is 2.61. The summed E-state index contributed by atoms with van der Waals surface area (Å²) in [6, 6.07) is 1.06. The predicted molar refractivity (Wildman–Crippen MR) is 63.8 cm³/mol. The fourth-order valence-corrected chi connectivity index (χ4v) is 1.58. The highest BCUT2D eigenvalue weighted by Crippen LogP contribution is 2.13. The van der Waals surface area contributed by atoms with Crippen LogP contribution in [0.25, 0.3) is 0 Å². The Kier molecular flexibility index (Phi) is 3.88. The molecule has 2 aromatic heterocycles. The third-order valence-corrected chi connectivity index (χ3v) is 2.57. The molecule has 1 amide bonds. The van der Waals surface area contributed by atoms with Gasteiger partial charge in [0.2, 0.25) is 0 Å². The zero-order chi connectivity index (χ0) is 13.0. The number of nitrogens with one attached hydrogen (secondary N) is 1. The van der Waals surface area contributed by atoms with Crippen molar-refractivity contribution in [1.82, 2.24) is 19.9 Å². The largest absolute Gasteiger partial charge is 0.350 e. The molecule has 0 saturated heterocycles. The first-order valence-corrected chi connectivity index (χ1v) is 5.59. The molecule has 7 heteroatoms. The molecule has 0 bridgehead atoms. The molecule has 2 heterocycles. The number of carbonyl (C=O) groups is 1. The van der Waals surface area contributed by atoms with Gasteiger partial charge in [0.1, 0.15) is 11.0 Å². The van der Waals surface area contributed by atoms with Crippen molar-refractivity contribution in [2.45, 2.75) is 6.54 Å². The van der Waals surface area contributed by atoms with Crippen LogP contribution >= 0.6 is 11.6 Å². The standard InChI is InChI=1S/C11H10ClFN4O/c12-10-9(5-8(13)6-16-10)11(18)15-2-4-17-3-1-14-7-17/h1,3,5-7H,2,4H2,(H,15,18). The minimum Gasteiger partial charge on any atom is -0.350 e. The highest BCUT2D eigenvalue weighted by Gasteiger charge is 2.11. The molecule has 0 fully saturated rings. The number of aromatic nitrogens is 3. The van der Waals surface area contributed by atoms with Gasteiger partial charge in [-0.25, -0.2) is 14.4 Å². The van der Waals surface area contributed by atoms with Crippen molar-refractivity contribution in [2.75, 3.05) is 6.54 Å². The van der Waals surface area contributed by atoms with Crippen LogP contribution in [0.5, 0.6) is 0 Å². The highest BCUT2D eigenvalue weighted by atomic mass is 35.5. The minimum atomic E-state index is -0.598. The summed E-state index contributed by atoms with van der Waals surface area (Å²) in [7, 11) is 0. The average Bonchev–Trinajstić information content (AvgIpc) is 2.85. The number of rotatable bonds is 4. The van der Waals surface area contributed by atoms with Crippen LogP contribution in [0.2, 0.25) is 5.15 Å². The Labute approximate surface area is 108 Å². The number of hydrogen-bond acceptors (Lipinski definition) is 3. The van der Waals surface area contributed by atoms with E-state index in [1.54, 1.807) is 18.7 Å². The first kappa shape index (κ1) is 12.5. The SMILES string of the molecule is O=C(NCCn1ccnc1)c1cc(F)cnc1Cl. The van der Waals surface area contributed by atoms with Crippen molar-refractivity contribution in [2.24, 2.45) is 0 Å². The summed E-state index contributed by atoms with van der Waals surface area (Å²) in [5.74, 6) is -1.05. The van der Waals surface area contributed by atoms with Crippen molar-refractivity contribution in [1.29, 1.82) is 0 Å². The zero-order valence-corrected chi connectivity index (χ0v) is 10.1. The van der Waals surface area contributed by atoms with Gasteiger partial charge >= 0.3 is 0 Å². The summed E-state index contributed by atoms with van der Waals surface area (Å²) in [6.45, 7) is 0.966. The van der Waals surface area contributed by atoms with Gasteiger partial charge in [-0.3, -0.25) is 4.79 Å². The maximum Gasteiger partial charge on any atom is 0.254 e. The lowest BCUT2D eigenvalue weighted by Gasteiger charge is -2.06. The molecule has 0 atom stereocenters. The van der Waals surface area contributed by atoms with Gasteiger partial charge in [-0.1, -0.05) is 11.6 Å². The maximum atomic E-state index is 12.9. The van der Waals surface area contributed by atoms with Gasteiger partial charge in [0.05, 0.1) is 18.1 Å². The second-order valence-electron chi connectivity index (χ2n) is 3.55. The molecule has 0 saturated carbocycles. The van der Waals surface area contributed by atoms with E-state index in [9.17, 15) is 9.18 Å². The van der Waals surface area contributed by atoms with Gasteiger partial charge in [0.25, 0.3) is 5.91 Å². The third-order valence-electron chi connectivity index (χ3n) is 2.27. The van der Waals surface area contributed by atoms with Crippen LogP contribution in [0.3, 0.4) is 0 Å². The molecule has 0 aliphatic heterocycles. The molecule has 0 radical (unpaired) electrons. The van der Waals surface area contributed by atoms with E-state index in [1.807, 2.05) is 4.57 Å². The van der Waals surface area contributed by atoms with E-state index in [0.717, 1.165) is 12.3 Å². The molecule has 0 aromatic carbocycles. The topological polar surface area (TPSA) is 59.8 Å². The van der Waals surface area contributed by atoms with E-state index >= 15 is 0 Å². The Bertz CT molecular complexity index is 544. The average molecular weight is 269 g/mol. The fourth-order valence-electron chi connectivity index (χ4n) is 1.39. The summed E-state index contributed by atoms with van der Waals surface area (Å²) in [6.07, 6.45) is 6.03. The monoisotopic (exact) mass is 268 g/mol. The second kappa shape index (κ2) is 5.59. The van der Waals surface area contributed by atoms with Gasteiger partial charge < -0.3 is 9.88 Å². The Morgan fingerprint density at radius 1 is 1.56 bits per heavy atom. The van der Waals surface area contributed by atoms with Crippen molar-refractivity contribution in [3.05, 3.63) is 47.5 Å². The lowest BCUT2D eigenvalue weighted by molar-refractivity contribution is 0.0951. The highest BCUT2D eigenvalue weighted by molar-refractivity contribution is 6.32. The van der Waals surface area contributed by atoms with Crippen LogP contribution in [-0.2, 0) is 6.54 Å². The molecular weight excluding hydrogens is 259 g/mol. The Hall–Kier alpha value is -1.95. The Morgan fingerprint density at radius 2 is 2.39 bits per heavy atom. The Morgan fingerprint density at radius 3 is 3.11 bits per heavy atom. The van der Waals surface area contributed by atoms with Crippen molar-refractivity contribution in [3.8, 4) is 0 Å². The van der Waals surface area contributed by atoms with Crippen molar-refractivity contribution < 1.29 is 9.18 Å². The quantitative estimate of drug-likeness (QED) is 0.855. The number of hydrogen-bond donors (Lipinski definition) is 1. The van der Waals surface area contributed by atoms with Crippen molar-refractivity contribution in [3.63, 3.8) is 0 Å². The van der Waals surface area contributed by atoms with E-state index in [1.165, 1.54) is 0 Å². The Balaban J connectivity index is 1.93. The number of nitrogens with zero attached hydrogens (tertiary/aromatic N) is 3. The lowest BCUT2D eigenvalue weighted by Crippen LogP contribution is -2.27. The van der Waals surface area contributed by atoms with Crippen LogP contribution in [0.15, 0.2) is 31.0 Å². The molecule has 18 heavy (non-hydrogen) atoms. The lowest BCUT2D eigenvalue weighted by atomic mass is 10.2. The first-order valence-electron chi connectivity index (χ1n) is 5.22. The van der Waals surface area contributed by atoms with Gasteiger partial charge in [-0.15, -0.1) is 0 Å². The minimum absolute atomic E-state index is 0.0171. The van der Waals surface area contributed by atoms with E-state index in [0.29, 0.717) is 13.1 Å². The molecule has 2 rings (SSSR count). The van der Waals surface area contributed by atoms with Crippen molar-refractivity contribution >= 4 is 17.5 Å². The number of imidazole rings is 1. The van der Waals surface area contributed by atoms with Gasteiger partial charge in [-0.2, -0.15) is 0 Å². The molecule has 0 spiro atoms. The predicted octanol–water partition coefficient (Wildman–Crippen LogP) is 1.50. The second-order valence-corrected chi connectivity index (χ2v) is 3.91. The molecule has 94 valence electrons. The summed E-state index contributed by atoms with van der Waals surface area (Å²) in [5.41, 5.74) is 0.0299. The summed E-state index contributed by atoms with van der Waals surface area (Å²) in [4.78, 5) is 19.2. The van der Waals surface area contributed by atoms with Gasteiger partial charge in [0.15, 0.2) is 0 Å². The normalized spacial score (nSPS) is 10.3. The van der Waals surface area contributed by atoms with Crippen LogP contribution < -0.4 is 5.32 Å². The molecule has 0 aliphatic carbocycles. The first-order chi connectivity index (χ1) is 8.66. The van der Waals surface area contributed by atoms with Crippen LogP contribution in [-0.4, -0.2) is 27.0 Å². The van der Waals surface area contributed by atoms with E-state index in [-0.39, 0.29) is 10.7 Å². The smallest absolute Gasteiger partial charge is 0.254 e. The molecular formula is C11H10ClFN4O. The molecule has 0 unspecified atom stereocenters. The van der Waals surface area contributed by atoms with Crippen LogP contribution in [0.1, 0.15) is 10.4 Å². The van der Waals surface area contributed by atoms with E-state index < -0.39 is 11.7 Å². The fraction of sp³-hybridized carbons (Fsp3) is 0.182. The molecule has 5 nitrogen and oxygen atoms in total. The van der Waals surface area contributed by atoms with Crippen LogP contribution in [0, 0.1) is 5.82 Å².